The molecule has 24 heavy (non-hydrogen) atoms. The highest BCUT2D eigenvalue weighted by Gasteiger charge is 2.25. The van der Waals surface area contributed by atoms with Crippen LogP contribution in [0.15, 0.2) is 18.2 Å². The minimum absolute atomic E-state index is 0.0273. The predicted octanol–water partition coefficient (Wildman–Crippen LogP) is 4.08. The van der Waals surface area contributed by atoms with Crippen molar-refractivity contribution in [2.24, 2.45) is 5.92 Å². The molecule has 5 heteroatoms. The van der Waals surface area contributed by atoms with Crippen molar-refractivity contribution in [3.8, 4) is 5.75 Å². The molecule has 1 fully saturated rings. The van der Waals surface area contributed by atoms with Gasteiger partial charge in [0.25, 0.3) is 0 Å². The van der Waals surface area contributed by atoms with Crippen LogP contribution in [0.3, 0.4) is 0 Å². The standard InChI is InChI=1S/C19H28ClNO3/c1-3-23-19(22)16-8-11-21(12-9-16)10-4-5-13-24-18-7-6-15(2)14-17(18)20/h6-7,14,16H,3-5,8-13H2,1-2H3. The molecule has 0 atom stereocenters. The van der Waals surface area contributed by atoms with Crippen molar-refractivity contribution < 1.29 is 14.3 Å². The van der Waals surface area contributed by atoms with Gasteiger partial charge in [-0.05, 0) is 76.9 Å². The first kappa shape index (κ1) is 19.1. The average Bonchev–Trinajstić information content (AvgIpc) is 2.57. The second-order valence-electron chi connectivity index (χ2n) is 6.36. The fourth-order valence-corrected chi connectivity index (χ4v) is 3.28. The summed E-state index contributed by atoms with van der Waals surface area (Å²) in [5.74, 6) is 0.825. The lowest BCUT2D eigenvalue weighted by Crippen LogP contribution is -2.37. The Morgan fingerprint density at radius 3 is 2.71 bits per heavy atom. The highest BCUT2D eigenvalue weighted by Crippen LogP contribution is 2.25. The third kappa shape index (κ3) is 5.99. The highest BCUT2D eigenvalue weighted by atomic mass is 35.5. The Bertz CT molecular complexity index is 527. The fourth-order valence-electron chi connectivity index (χ4n) is 2.99. The zero-order chi connectivity index (χ0) is 17.4. The summed E-state index contributed by atoms with van der Waals surface area (Å²) in [7, 11) is 0. The van der Waals surface area contributed by atoms with E-state index in [9.17, 15) is 4.79 Å². The average molecular weight is 354 g/mol. The predicted molar refractivity (Wildman–Crippen MR) is 96.7 cm³/mol. The second kappa shape index (κ2) is 9.90. The lowest BCUT2D eigenvalue weighted by Gasteiger charge is -2.30. The van der Waals surface area contributed by atoms with Crippen LogP contribution in [0.2, 0.25) is 5.02 Å². The Hall–Kier alpha value is -1.26. The molecule has 1 heterocycles. The summed E-state index contributed by atoms with van der Waals surface area (Å²) in [5, 5.41) is 0.677. The van der Waals surface area contributed by atoms with E-state index >= 15 is 0 Å². The van der Waals surface area contributed by atoms with Crippen molar-refractivity contribution in [1.29, 1.82) is 0 Å². The summed E-state index contributed by atoms with van der Waals surface area (Å²) in [6.45, 7) is 8.05. The molecular weight excluding hydrogens is 326 g/mol. The normalized spacial score (nSPS) is 16.1. The number of halogens is 1. The first-order valence-corrected chi connectivity index (χ1v) is 9.26. The van der Waals surface area contributed by atoms with E-state index in [1.54, 1.807) is 0 Å². The molecule has 0 radical (unpaired) electrons. The number of unbranched alkanes of at least 4 members (excludes halogenated alkanes) is 1. The number of carbonyl (C=O) groups is 1. The summed E-state index contributed by atoms with van der Waals surface area (Å²) in [6, 6.07) is 5.86. The van der Waals surface area contributed by atoms with Crippen LogP contribution in [0.1, 0.15) is 38.2 Å². The van der Waals surface area contributed by atoms with Gasteiger partial charge in [0.1, 0.15) is 5.75 Å². The number of aryl methyl sites for hydroxylation is 1. The number of hydrogen-bond donors (Lipinski definition) is 0. The number of rotatable bonds is 8. The van der Waals surface area contributed by atoms with Crippen molar-refractivity contribution in [2.75, 3.05) is 32.8 Å². The van der Waals surface area contributed by atoms with E-state index in [0.29, 0.717) is 18.2 Å². The third-order valence-electron chi connectivity index (χ3n) is 4.42. The van der Waals surface area contributed by atoms with Gasteiger partial charge in [0.05, 0.1) is 24.2 Å². The molecule has 0 N–H and O–H groups in total. The van der Waals surface area contributed by atoms with Crippen LogP contribution in [-0.4, -0.2) is 43.7 Å². The van der Waals surface area contributed by atoms with Crippen LogP contribution in [0.25, 0.3) is 0 Å². The molecule has 1 saturated heterocycles. The van der Waals surface area contributed by atoms with Gasteiger partial charge in [0, 0.05) is 0 Å². The minimum Gasteiger partial charge on any atom is -0.492 e. The van der Waals surface area contributed by atoms with Crippen molar-refractivity contribution in [3.05, 3.63) is 28.8 Å². The van der Waals surface area contributed by atoms with Crippen molar-refractivity contribution in [3.63, 3.8) is 0 Å². The molecular formula is C19H28ClNO3. The van der Waals surface area contributed by atoms with Gasteiger partial charge in [-0.25, -0.2) is 0 Å². The number of nitrogens with zero attached hydrogens (tertiary/aromatic N) is 1. The summed E-state index contributed by atoms with van der Waals surface area (Å²) < 4.78 is 10.8. The van der Waals surface area contributed by atoms with Gasteiger partial charge >= 0.3 is 5.97 Å². The lowest BCUT2D eigenvalue weighted by atomic mass is 9.97. The Kier molecular flexibility index (Phi) is 7.86. The zero-order valence-corrected chi connectivity index (χ0v) is 15.5. The molecule has 134 valence electrons. The van der Waals surface area contributed by atoms with Crippen LogP contribution < -0.4 is 4.74 Å². The van der Waals surface area contributed by atoms with Crippen LogP contribution in [0.5, 0.6) is 5.75 Å². The Morgan fingerprint density at radius 2 is 2.04 bits per heavy atom. The molecule has 0 unspecified atom stereocenters. The van der Waals surface area contributed by atoms with E-state index in [0.717, 1.165) is 56.6 Å². The zero-order valence-electron chi connectivity index (χ0n) is 14.7. The molecule has 1 aromatic rings. The fraction of sp³-hybridized carbons (Fsp3) is 0.632. The maximum Gasteiger partial charge on any atom is 0.309 e. The van der Waals surface area contributed by atoms with E-state index in [1.165, 1.54) is 0 Å². The summed E-state index contributed by atoms with van der Waals surface area (Å²) >= 11 is 6.15. The van der Waals surface area contributed by atoms with Crippen molar-refractivity contribution in [2.45, 2.75) is 39.5 Å². The third-order valence-corrected chi connectivity index (χ3v) is 4.72. The molecule has 0 saturated carbocycles. The quantitative estimate of drug-likeness (QED) is 0.521. The summed E-state index contributed by atoms with van der Waals surface area (Å²) in [6.07, 6.45) is 3.91. The summed E-state index contributed by atoms with van der Waals surface area (Å²) in [4.78, 5) is 14.1. The second-order valence-corrected chi connectivity index (χ2v) is 6.76. The van der Waals surface area contributed by atoms with Crippen molar-refractivity contribution >= 4 is 17.6 Å². The van der Waals surface area contributed by atoms with Crippen molar-refractivity contribution in [1.82, 2.24) is 4.90 Å². The number of likely N-dealkylation sites (tertiary alicyclic amines) is 1. The van der Waals surface area contributed by atoms with Crippen LogP contribution >= 0.6 is 11.6 Å². The first-order valence-electron chi connectivity index (χ1n) is 8.88. The van der Waals surface area contributed by atoms with Crippen LogP contribution in [-0.2, 0) is 9.53 Å². The number of piperidine rings is 1. The smallest absolute Gasteiger partial charge is 0.309 e. The van der Waals surface area contributed by atoms with E-state index < -0.39 is 0 Å². The Balaban J connectivity index is 1.58. The van der Waals surface area contributed by atoms with Gasteiger partial charge in [0.2, 0.25) is 0 Å². The van der Waals surface area contributed by atoms with Gasteiger partial charge in [-0.2, -0.15) is 0 Å². The molecule has 0 bridgehead atoms. The van der Waals surface area contributed by atoms with Gasteiger partial charge < -0.3 is 14.4 Å². The van der Waals surface area contributed by atoms with E-state index in [4.69, 9.17) is 21.1 Å². The SMILES string of the molecule is CCOC(=O)C1CCN(CCCCOc2ccc(C)cc2Cl)CC1. The largest absolute Gasteiger partial charge is 0.492 e. The first-order chi connectivity index (χ1) is 11.6. The summed E-state index contributed by atoms with van der Waals surface area (Å²) in [5.41, 5.74) is 1.14. The topological polar surface area (TPSA) is 38.8 Å². The Labute approximate surface area is 150 Å². The lowest BCUT2D eigenvalue weighted by molar-refractivity contribution is -0.149. The maximum atomic E-state index is 11.7. The number of ether oxygens (including phenoxy) is 2. The molecule has 2 rings (SSSR count). The number of benzene rings is 1. The molecule has 1 aliphatic rings. The highest BCUT2D eigenvalue weighted by molar-refractivity contribution is 6.32. The minimum atomic E-state index is -0.0273. The number of hydrogen-bond acceptors (Lipinski definition) is 4. The van der Waals surface area contributed by atoms with E-state index in [2.05, 4.69) is 4.90 Å². The molecule has 1 aromatic carbocycles. The maximum absolute atomic E-state index is 11.7. The van der Waals surface area contributed by atoms with Crippen LogP contribution in [0, 0.1) is 12.8 Å². The number of carbonyl (C=O) groups excluding carboxylic acids is 1. The number of esters is 1. The van der Waals surface area contributed by atoms with E-state index in [-0.39, 0.29) is 11.9 Å². The molecule has 4 nitrogen and oxygen atoms in total. The molecule has 0 amide bonds. The van der Waals surface area contributed by atoms with Gasteiger partial charge in [-0.1, -0.05) is 17.7 Å². The molecule has 1 aliphatic heterocycles. The monoisotopic (exact) mass is 353 g/mol. The molecule has 0 spiro atoms. The van der Waals surface area contributed by atoms with Gasteiger partial charge in [-0.3, -0.25) is 4.79 Å². The van der Waals surface area contributed by atoms with Gasteiger partial charge in [0.15, 0.2) is 0 Å². The van der Waals surface area contributed by atoms with Gasteiger partial charge in [-0.15, -0.1) is 0 Å². The van der Waals surface area contributed by atoms with Crippen LogP contribution in [0.4, 0.5) is 0 Å². The molecule has 0 aliphatic carbocycles. The Morgan fingerprint density at radius 1 is 1.29 bits per heavy atom. The molecule has 0 aromatic heterocycles. The van der Waals surface area contributed by atoms with E-state index in [1.807, 2.05) is 32.0 Å².